The first kappa shape index (κ1) is 17.1. The third kappa shape index (κ3) is 4.27. The van der Waals surface area contributed by atoms with Crippen LogP contribution < -0.4 is 5.32 Å². The Labute approximate surface area is 152 Å². The highest BCUT2D eigenvalue weighted by atomic mass is 15.1. The summed E-state index contributed by atoms with van der Waals surface area (Å²) < 4.78 is 0. The summed E-state index contributed by atoms with van der Waals surface area (Å²) in [7, 11) is 0. The van der Waals surface area contributed by atoms with Gasteiger partial charge in [-0.15, -0.1) is 0 Å². The molecule has 1 aromatic carbocycles. The van der Waals surface area contributed by atoms with Crippen LogP contribution >= 0.6 is 0 Å². The first-order valence-electron chi connectivity index (χ1n) is 10.4. The van der Waals surface area contributed by atoms with Gasteiger partial charge in [0.15, 0.2) is 0 Å². The number of piperidine rings is 1. The Hall–Kier alpha value is -1.32. The van der Waals surface area contributed by atoms with E-state index in [2.05, 4.69) is 39.5 Å². The molecule has 1 aromatic heterocycles. The van der Waals surface area contributed by atoms with Crippen LogP contribution in [0.25, 0.3) is 10.9 Å². The van der Waals surface area contributed by atoms with Gasteiger partial charge in [-0.05, 0) is 62.9 Å². The molecule has 2 aromatic rings. The number of benzene rings is 1. The van der Waals surface area contributed by atoms with Gasteiger partial charge in [0.1, 0.15) is 0 Å². The number of hydrogen-bond acceptors (Lipinski definition) is 2. The molecule has 4 rings (SSSR count). The minimum atomic E-state index is 0.892. The average molecular weight is 340 g/mol. The summed E-state index contributed by atoms with van der Waals surface area (Å²) in [5.41, 5.74) is 4.22. The third-order valence-electron chi connectivity index (χ3n) is 6.19. The van der Waals surface area contributed by atoms with Gasteiger partial charge < -0.3 is 10.3 Å². The lowest BCUT2D eigenvalue weighted by Gasteiger charge is -2.27. The zero-order valence-electron chi connectivity index (χ0n) is 15.5. The molecule has 0 atom stereocenters. The molecule has 0 radical (unpaired) electrons. The average Bonchev–Trinajstić information content (AvgIpc) is 3.01. The third-order valence-corrected chi connectivity index (χ3v) is 6.19. The number of nitrogens with one attached hydrogen (secondary N) is 2. The van der Waals surface area contributed by atoms with Crippen LogP contribution in [-0.2, 0) is 13.1 Å². The highest BCUT2D eigenvalue weighted by Crippen LogP contribution is 2.26. The van der Waals surface area contributed by atoms with Crippen LogP contribution in [0.4, 0.5) is 0 Å². The number of hydrogen-bond donors (Lipinski definition) is 2. The van der Waals surface area contributed by atoms with Crippen molar-refractivity contribution in [1.82, 2.24) is 15.2 Å². The molecule has 2 N–H and O–H groups in total. The van der Waals surface area contributed by atoms with Gasteiger partial charge in [0.05, 0.1) is 0 Å². The Morgan fingerprint density at radius 2 is 1.72 bits per heavy atom. The van der Waals surface area contributed by atoms with Crippen molar-refractivity contribution in [2.45, 2.75) is 64.5 Å². The fraction of sp³-hybridized carbons (Fsp3) is 0.636. The van der Waals surface area contributed by atoms with Crippen molar-refractivity contribution in [3.63, 3.8) is 0 Å². The molecule has 1 saturated heterocycles. The number of para-hydroxylation sites is 1. The SMILES string of the molecule is c1ccc2c(CN3CCCCC3)c(CNCC3CCCCC3)[nH]c2c1. The fourth-order valence-corrected chi connectivity index (χ4v) is 4.72. The predicted octanol–water partition coefficient (Wildman–Crippen LogP) is 4.82. The Morgan fingerprint density at radius 3 is 2.56 bits per heavy atom. The van der Waals surface area contributed by atoms with E-state index < -0.39 is 0 Å². The number of H-pyrrole nitrogens is 1. The van der Waals surface area contributed by atoms with E-state index in [1.54, 1.807) is 0 Å². The summed E-state index contributed by atoms with van der Waals surface area (Å²) in [6, 6.07) is 8.83. The van der Waals surface area contributed by atoms with Crippen LogP contribution in [-0.4, -0.2) is 29.5 Å². The number of likely N-dealkylation sites (tertiary alicyclic amines) is 1. The van der Waals surface area contributed by atoms with Crippen LogP contribution in [0.15, 0.2) is 24.3 Å². The number of aromatic nitrogens is 1. The van der Waals surface area contributed by atoms with Gasteiger partial charge >= 0.3 is 0 Å². The summed E-state index contributed by atoms with van der Waals surface area (Å²) >= 11 is 0. The van der Waals surface area contributed by atoms with E-state index in [4.69, 9.17) is 0 Å². The van der Waals surface area contributed by atoms with Crippen LogP contribution in [0.1, 0.15) is 62.6 Å². The number of fused-ring (bicyclic) bond motifs is 1. The van der Waals surface area contributed by atoms with Gasteiger partial charge in [0.25, 0.3) is 0 Å². The molecule has 3 heteroatoms. The van der Waals surface area contributed by atoms with E-state index in [0.29, 0.717) is 0 Å². The maximum atomic E-state index is 3.76. The molecule has 136 valence electrons. The predicted molar refractivity (Wildman–Crippen MR) is 106 cm³/mol. The van der Waals surface area contributed by atoms with Gasteiger partial charge in [-0.1, -0.05) is 43.9 Å². The van der Waals surface area contributed by atoms with E-state index in [-0.39, 0.29) is 0 Å². The van der Waals surface area contributed by atoms with Crippen LogP contribution in [0.2, 0.25) is 0 Å². The minimum absolute atomic E-state index is 0.892. The Morgan fingerprint density at radius 1 is 0.960 bits per heavy atom. The van der Waals surface area contributed by atoms with Crippen LogP contribution in [0.3, 0.4) is 0 Å². The maximum Gasteiger partial charge on any atom is 0.0459 e. The first-order valence-corrected chi connectivity index (χ1v) is 10.4. The van der Waals surface area contributed by atoms with Gasteiger partial charge in [-0.3, -0.25) is 4.90 Å². The van der Waals surface area contributed by atoms with E-state index >= 15 is 0 Å². The molecular weight excluding hydrogens is 306 g/mol. The molecule has 3 nitrogen and oxygen atoms in total. The Balaban J connectivity index is 1.45. The summed E-state index contributed by atoms with van der Waals surface area (Å²) in [4.78, 5) is 6.34. The molecule has 25 heavy (non-hydrogen) atoms. The van der Waals surface area contributed by atoms with Crippen LogP contribution in [0, 0.1) is 5.92 Å². The summed E-state index contributed by atoms with van der Waals surface area (Å²) in [6.45, 7) is 5.78. The van der Waals surface area contributed by atoms with E-state index in [1.165, 1.54) is 93.2 Å². The second-order valence-electron chi connectivity index (χ2n) is 8.10. The monoisotopic (exact) mass is 339 g/mol. The lowest BCUT2D eigenvalue weighted by molar-refractivity contribution is 0.221. The molecule has 0 bridgehead atoms. The molecule has 0 unspecified atom stereocenters. The van der Waals surface area contributed by atoms with Crippen molar-refractivity contribution in [2.24, 2.45) is 5.92 Å². The van der Waals surface area contributed by atoms with Crippen molar-refractivity contribution < 1.29 is 0 Å². The molecule has 1 saturated carbocycles. The molecule has 2 fully saturated rings. The van der Waals surface area contributed by atoms with Crippen molar-refractivity contribution in [3.8, 4) is 0 Å². The first-order chi connectivity index (χ1) is 12.4. The standard InChI is InChI=1S/C22H33N3/c1-3-9-18(10-4-1)15-23-16-22-20(17-25-13-7-2-8-14-25)19-11-5-6-12-21(19)24-22/h5-6,11-12,18,23-24H,1-4,7-10,13-17H2. The molecule has 1 aliphatic heterocycles. The van der Waals surface area contributed by atoms with Gasteiger partial charge in [-0.25, -0.2) is 0 Å². The zero-order chi connectivity index (χ0) is 16.9. The fourth-order valence-electron chi connectivity index (χ4n) is 4.72. The number of aromatic amines is 1. The Kier molecular flexibility index (Phi) is 5.73. The van der Waals surface area contributed by atoms with E-state index in [9.17, 15) is 0 Å². The van der Waals surface area contributed by atoms with Crippen LogP contribution in [0.5, 0.6) is 0 Å². The topological polar surface area (TPSA) is 31.1 Å². The van der Waals surface area contributed by atoms with Gasteiger partial charge in [0.2, 0.25) is 0 Å². The van der Waals surface area contributed by atoms with Gasteiger partial charge in [0, 0.05) is 29.7 Å². The molecule has 0 amide bonds. The van der Waals surface area contributed by atoms with Crippen molar-refractivity contribution >= 4 is 10.9 Å². The summed E-state index contributed by atoms with van der Waals surface area (Å²) in [5.74, 6) is 0.892. The second-order valence-corrected chi connectivity index (χ2v) is 8.10. The highest BCUT2D eigenvalue weighted by molar-refractivity contribution is 5.84. The summed E-state index contributed by atoms with van der Waals surface area (Å²) in [6.07, 6.45) is 11.3. The quantitative estimate of drug-likeness (QED) is 0.790. The minimum Gasteiger partial charge on any atom is -0.357 e. The van der Waals surface area contributed by atoms with Gasteiger partial charge in [-0.2, -0.15) is 0 Å². The van der Waals surface area contributed by atoms with E-state index in [1.807, 2.05) is 0 Å². The van der Waals surface area contributed by atoms with Crippen molar-refractivity contribution in [1.29, 1.82) is 0 Å². The largest absolute Gasteiger partial charge is 0.357 e. The smallest absolute Gasteiger partial charge is 0.0459 e. The lowest BCUT2D eigenvalue weighted by Crippen LogP contribution is -2.30. The molecule has 1 aliphatic carbocycles. The Bertz CT molecular complexity index is 663. The lowest BCUT2D eigenvalue weighted by atomic mass is 9.89. The summed E-state index contributed by atoms with van der Waals surface area (Å²) in [5, 5.41) is 5.18. The zero-order valence-corrected chi connectivity index (χ0v) is 15.5. The second kappa shape index (κ2) is 8.37. The molecular formula is C22H33N3. The number of rotatable bonds is 6. The molecule has 2 heterocycles. The highest BCUT2D eigenvalue weighted by Gasteiger charge is 2.17. The normalized spacial score (nSPS) is 20.3. The maximum absolute atomic E-state index is 3.76. The van der Waals surface area contributed by atoms with Crippen molar-refractivity contribution in [3.05, 3.63) is 35.5 Å². The van der Waals surface area contributed by atoms with Crippen molar-refractivity contribution in [2.75, 3.05) is 19.6 Å². The number of nitrogens with zero attached hydrogens (tertiary/aromatic N) is 1. The molecule has 0 spiro atoms. The van der Waals surface area contributed by atoms with E-state index in [0.717, 1.165) is 19.0 Å². The molecule has 2 aliphatic rings.